The molecule has 1 amide bonds. The van der Waals surface area contributed by atoms with Gasteiger partial charge in [-0.25, -0.2) is 0 Å². The van der Waals surface area contributed by atoms with Crippen LogP contribution in [0.25, 0.3) is 0 Å². The second kappa shape index (κ2) is 4.92. The maximum atomic E-state index is 12.2. The molecule has 0 radical (unpaired) electrons. The van der Waals surface area contributed by atoms with Gasteiger partial charge >= 0.3 is 0 Å². The maximum absolute atomic E-state index is 12.2. The van der Waals surface area contributed by atoms with Crippen molar-refractivity contribution >= 4 is 18.3 Å². The summed E-state index contributed by atoms with van der Waals surface area (Å²) in [6.45, 7) is 2.11. The van der Waals surface area contributed by atoms with Gasteiger partial charge in [-0.05, 0) is 44.6 Å². The summed E-state index contributed by atoms with van der Waals surface area (Å²) in [4.78, 5) is 14.4. The number of halogens is 1. The van der Waals surface area contributed by atoms with E-state index in [4.69, 9.17) is 0 Å². The van der Waals surface area contributed by atoms with Crippen LogP contribution in [0.15, 0.2) is 0 Å². The smallest absolute Gasteiger partial charge is 0.223 e. The van der Waals surface area contributed by atoms with E-state index in [-0.39, 0.29) is 12.4 Å². The quantitative estimate of drug-likeness (QED) is 0.800. The summed E-state index contributed by atoms with van der Waals surface area (Å²) in [5, 5.41) is 3.44. The van der Waals surface area contributed by atoms with Crippen LogP contribution in [0.4, 0.5) is 0 Å². The lowest BCUT2D eigenvalue weighted by molar-refractivity contribution is -0.134. The van der Waals surface area contributed by atoms with E-state index in [1.165, 1.54) is 25.7 Å². The lowest BCUT2D eigenvalue weighted by atomic mass is 10.1. The van der Waals surface area contributed by atoms with Crippen LogP contribution < -0.4 is 5.32 Å². The fourth-order valence-corrected chi connectivity index (χ4v) is 3.06. The number of hydrogen-bond donors (Lipinski definition) is 1. The van der Waals surface area contributed by atoms with Gasteiger partial charge in [0.05, 0.1) is 0 Å². The largest absolute Gasteiger partial charge is 0.335 e. The van der Waals surface area contributed by atoms with Crippen LogP contribution >= 0.6 is 12.4 Å². The van der Waals surface area contributed by atoms with E-state index in [0.717, 1.165) is 31.8 Å². The van der Waals surface area contributed by atoms with Gasteiger partial charge in [0.2, 0.25) is 5.91 Å². The first kappa shape index (κ1) is 12.2. The number of nitrogens with zero attached hydrogens (tertiary/aromatic N) is 1. The Morgan fingerprint density at radius 2 is 1.88 bits per heavy atom. The molecule has 1 saturated carbocycles. The van der Waals surface area contributed by atoms with Crippen molar-refractivity contribution in [2.24, 2.45) is 5.92 Å². The SMILES string of the molecule is Cl.O=C(CC1CC1)N1C2CCNCC1CC2. The lowest BCUT2D eigenvalue weighted by Gasteiger charge is -2.28. The summed E-state index contributed by atoms with van der Waals surface area (Å²) in [6, 6.07) is 1.06. The van der Waals surface area contributed by atoms with Crippen LogP contribution in [0.1, 0.15) is 38.5 Å². The van der Waals surface area contributed by atoms with Crippen LogP contribution in [0.2, 0.25) is 0 Å². The van der Waals surface area contributed by atoms with Gasteiger partial charge in [-0.2, -0.15) is 0 Å². The molecule has 0 aromatic heterocycles. The van der Waals surface area contributed by atoms with Crippen molar-refractivity contribution in [1.82, 2.24) is 10.2 Å². The fourth-order valence-electron chi connectivity index (χ4n) is 3.06. The molecule has 2 heterocycles. The Kier molecular flexibility index (Phi) is 3.75. The third kappa shape index (κ3) is 2.35. The summed E-state index contributed by atoms with van der Waals surface area (Å²) in [7, 11) is 0. The first-order valence-electron chi connectivity index (χ1n) is 6.36. The Hall–Kier alpha value is -0.280. The van der Waals surface area contributed by atoms with Crippen molar-refractivity contribution in [3.63, 3.8) is 0 Å². The van der Waals surface area contributed by atoms with Crippen molar-refractivity contribution in [2.75, 3.05) is 13.1 Å². The van der Waals surface area contributed by atoms with E-state index in [1.807, 2.05) is 0 Å². The van der Waals surface area contributed by atoms with Crippen molar-refractivity contribution in [3.05, 3.63) is 0 Å². The third-order valence-corrected chi connectivity index (χ3v) is 4.10. The highest BCUT2D eigenvalue weighted by Crippen LogP contribution is 2.35. The highest BCUT2D eigenvalue weighted by atomic mass is 35.5. The monoisotopic (exact) mass is 244 g/mol. The van der Waals surface area contributed by atoms with Crippen molar-refractivity contribution in [2.45, 2.75) is 50.6 Å². The van der Waals surface area contributed by atoms with Crippen LogP contribution in [0, 0.1) is 5.92 Å². The Bertz CT molecular complexity index is 254. The Balaban J connectivity index is 0.000000963. The number of carbonyl (C=O) groups is 1. The van der Waals surface area contributed by atoms with Gasteiger partial charge in [-0.1, -0.05) is 0 Å². The maximum Gasteiger partial charge on any atom is 0.223 e. The second-order valence-corrected chi connectivity index (χ2v) is 5.33. The van der Waals surface area contributed by atoms with Gasteiger partial charge < -0.3 is 10.2 Å². The third-order valence-electron chi connectivity index (χ3n) is 4.10. The number of nitrogens with one attached hydrogen (secondary N) is 1. The molecule has 92 valence electrons. The standard InChI is InChI=1S/C12H20N2O.ClH/c15-12(7-9-1-2-9)14-10-3-4-11(14)8-13-6-5-10;/h9-11,13H,1-8H2;1H. The summed E-state index contributed by atoms with van der Waals surface area (Å²) >= 11 is 0. The predicted molar refractivity (Wildman–Crippen MR) is 65.7 cm³/mol. The summed E-state index contributed by atoms with van der Waals surface area (Å²) in [5.41, 5.74) is 0. The van der Waals surface area contributed by atoms with Gasteiger partial charge in [0.1, 0.15) is 0 Å². The van der Waals surface area contributed by atoms with Crippen LogP contribution in [0.3, 0.4) is 0 Å². The van der Waals surface area contributed by atoms with Crippen molar-refractivity contribution in [1.29, 1.82) is 0 Å². The molecule has 0 aromatic rings. The highest BCUT2D eigenvalue weighted by molar-refractivity contribution is 5.85. The van der Waals surface area contributed by atoms with E-state index >= 15 is 0 Å². The zero-order valence-electron chi connectivity index (χ0n) is 9.65. The van der Waals surface area contributed by atoms with E-state index in [2.05, 4.69) is 10.2 Å². The lowest BCUT2D eigenvalue weighted by Crippen LogP contribution is -2.42. The predicted octanol–water partition coefficient (Wildman–Crippen LogP) is 1.56. The molecule has 0 aromatic carbocycles. The Labute approximate surface area is 103 Å². The molecule has 3 fully saturated rings. The van der Waals surface area contributed by atoms with E-state index in [0.29, 0.717) is 18.0 Å². The average Bonchev–Trinajstić information content (AvgIpc) is 2.91. The van der Waals surface area contributed by atoms with Crippen LogP contribution in [0.5, 0.6) is 0 Å². The molecular weight excluding hydrogens is 224 g/mol. The van der Waals surface area contributed by atoms with E-state index in [9.17, 15) is 4.79 Å². The Morgan fingerprint density at radius 1 is 1.12 bits per heavy atom. The Morgan fingerprint density at radius 3 is 2.62 bits per heavy atom. The van der Waals surface area contributed by atoms with Crippen LogP contribution in [-0.2, 0) is 4.79 Å². The number of carbonyl (C=O) groups excluding carboxylic acids is 1. The number of hydrogen-bond acceptors (Lipinski definition) is 2. The minimum absolute atomic E-state index is 0. The zero-order valence-corrected chi connectivity index (χ0v) is 10.5. The minimum atomic E-state index is 0. The van der Waals surface area contributed by atoms with E-state index < -0.39 is 0 Å². The number of rotatable bonds is 2. The molecule has 4 heteroatoms. The number of amides is 1. The second-order valence-electron chi connectivity index (χ2n) is 5.33. The highest BCUT2D eigenvalue weighted by Gasteiger charge is 2.39. The van der Waals surface area contributed by atoms with Crippen molar-refractivity contribution < 1.29 is 4.79 Å². The molecule has 2 atom stereocenters. The molecule has 2 bridgehead atoms. The summed E-state index contributed by atoms with van der Waals surface area (Å²) in [5.74, 6) is 1.17. The van der Waals surface area contributed by atoms with Crippen LogP contribution in [-0.4, -0.2) is 36.0 Å². The average molecular weight is 245 g/mol. The minimum Gasteiger partial charge on any atom is -0.335 e. The van der Waals surface area contributed by atoms with Gasteiger partial charge in [0, 0.05) is 25.0 Å². The molecule has 3 nitrogen and oxygen atoms in total. The number of fused-ring (bicyclic) bond motifs is 2. The molecular formula is C12H21ClN2O. The molecule has 1 aliphatic carbocycles. The van der Waals surface area contributed by atoms with Gasteiger partial charge in [-0.3, -0.25) is 4.79 Å². The summed E-state index contributed by atoms with van der Waals surface area (Å²) in [6.07, 6.45) is 7.01. The fraction of sp³-hybridized carbons (Fsp3) is 0.917. The zero-order chi connectivity index (χ0) is 10.3. The molecule has 0 spiro atoms. The van der Waals surface area contributed by atoms with Gasteiger partial charge in [0.15, 0.2) is 0 Å². The normalized spacial score (nSPS) is 33.1. The summed E-state index contributed by atoms with van der Waals surface area (Å²) < 4.78 is 0. The van der Waals surface area contributed by atoms with Gasteiger partial charge in [-0.15, -0.1) is 12.4 Å². The first-order chi connectivity index (χ1) is 7.34. The first-order valence-corrected chi connectivity index (χ1v) is 6.36. The topological polar surface area (TPSA) is 32.3 Å². The van der Waals surface area contributed by atoms with E-state index in [1.54, 1.807) is 0 Å². The molecule has 1 N–H and O–H groups in total. The molecule has 2 aliphatic heterocycles. The molecule has 2 saturated heterocycles. The van der Waals surface area contributed by atoms with Crippen molar-refractivity contribution in [3.8, 4) is 0 Å². The molecule has 16 heavy (non-hydrogen) atoms. The molecule has 3 rings (SSSR count). The molecule has 3 aliphatic rings. The van der Waals surface area contributed by atoms with Gasteiger partial charge in [0.25, 0.3) is 0 Å². The molecule has 2 unspecified atom stereocenters.